The number of nitrogens with one attached hydrogen (secondary N) is 1. The van der Waals surface area contributed by atoms with Crippen molar-refractivity contribution in [1.29, 1.82) is 5.41 Å². The maximum Gasteiger partial charge on any atom is 0.188 e. The summed E-state index contributed by atoms with van der Waals surface area (Å²) in [4.78, 5) is 1.75. The Morgan fingerprint density at radius 1 is 1.42 bits per heavy atom. The van der Waals surface area contributed by atoms with Crippen LogP contribution >= 0.6 is 0 Å². The second-order valence-corrected chi connectivity index (χ2v) is 2.99. The Morgan fingerprint density at radius 2 is 1.83 bits per heavy atom. The molecule has 0 aromatic carbocycles. The van der Waals surface area contributed by atoms with Gasteiger partial charge in [0.25, 0.3) is 0 Å². The number of rotatable bonds is 3. The van der Waals surface area contributed by atoms with Crippen LogP contribution in [0, 0.1) is 11.3 Å². The van der Waals surface area contributed by atoms with Crippen LogP contribution in [0.15, 0.2) is 0 Å². The lowest BCUT2D eigenvalue weighted by atomic mass is 10.1. The number of nitrogens with two attached hydrogens (primary N) is 1. The van der Waals surface area contributed by atoms with E-state index < -0.39 is 0 Å². The predicted octanol–water partition coefficient (Wildman–Crippen LogP) is 1.88. The van der Waals surface area contributed by atoms with E-state index in [1.54, 1.807) is 4.90 Å². The summed E-state index contributed by atoms with van der Waals surface area (Å²) in [5.74, 6) is 0.836. The average Bonchev–Trinajstić information content (AvgIpc) is 2.03. The maximum absolute atomic E-state index is 7.05. The van der Waals surface area contributed by atoms with Gasteiger partial charge in [-0.05, 0) is 12.3 Å². The third-order valence-corrected chi connectivity index (χ3v) is 1.45. The molecular formula is C9H23N3. The zero-order valence-electron chi connectivity index (χ0n) is 9.02. The van der Waals surface area contributed by atoms with Crippen LogP contribution in [0.4, 0.5) is 0 Å². The highest BCUT2D eigenvalue weighted by Gasteiger charge is 1.99. The summed E-state index contributed by atoms with van der Waals surface area (Å²) < 4.78 is 0. The topological polar surface area (TPSA) is 53.1 Å². The molecule has 0 bridgehead atoms. The van der Waals surface area contributed by atoms with Crippen LogP contribution in [0.2, 0.25) is 0 Å². The van der Waals surface area contributed by atoms with E-state index in [-0.39, 0.29) is 5.96 Å². The van der Waals surface area contributed by atoms with Crippen molar-refractivity contribution in [2.75, 3.05) is 13.6 Å². The second-order valence-electron chi connectivity index (χ2n) is 2.99. The van der Waals surface area contributed by atoms with Gasteiger partial charge < -0.3 is 10.6 Å². The van der Waals surface area contributed by atoms with Crippen molar-refractivity contribution < 1.29 is 0 Å². The monoisotopic (exact) mass is 173 g/mol. The fraction of sp³-hybridized carbons (Fsp3) is 0.889. The second kappa shape index (κ2) is 8.37. The quantitative estimate of drug-likeness (QED) is 0.506. The van der Waals surface area contributed by atoms with E-state index in [0.717, 1.165) is 13.0 Å². The molecule has 12 heavy (non-hydrogen) atoms. The first-order chi connectivity index (χ1) is 5.54. The fourth-order valence-electron chi connectivity index (χ4n) is 0.572. The average molecular weight is 173 g/mol. The highest BCUT2D eigenvalue weighted by molar-refractivity contribution is 5.74. The van der Waals surface area contributed by atoms with Crippen LogP contribution in [-0.4, -0.2) is 24.5 Å². The van der Waals surface area contributed by atoms with E-state index >= 15 is 0 Å². The number of hydrogen-bond acceptors (Lipinski definition) is 1. The third-order valence-electron chi connectivity index (χ3n) is 1.45. The van der Waals surface area contributed by atoms with Crippen molar-refractivity contribution >= 4 is 5.96 Å². The standard InChI is InChI=1S/C7H17N3.C2H6/c1-6(2)4-5-10(3)7(8)9;1-2/h6H,4-5H2,1-3H3,(H3,8,9);1-2H3. The van der Waals surface area contributed by atoms with Gasteiger partial charge in [-0.3, -0.25) is 5.41 Å². The maximum atomic E-state index is 7.05. The van der Waals surface area contributed by atoms with Crippen LogP contribution in [0.25, 0.3) is 0 Å². The summed E-state index contributed by atoms with van der Waals surface area (Å²) in [6.07, 6.45) is 1.09. The summed E-state index contributed by atoms with van der Waals surface area (Å²) in [7, 11) is 1.84. The highest BCUT2D eigenvalue weighted by atomic mass is 15.2. The molecule has 0 amide bonds. The van der Waals surface area contributed by atoms with E-state index in [1.165, 1.54) is 0 Å². The Hall–Kier alpha value is -0.730. The Kier molecular flexibility index (Phi) is 9.65. The van der Waals surface area contributed by atoms with Crippen molar-refractivity contribution in [3.8, 4) is 0 Å². The molecule has 0 aromatic rings. The molecule has 0 unspecified atom stereocenters. The van der Waals surface area contributed by atoms with Gasteiger partial charge in [0.15, 0.2) is 5.96 Å². The van der Waals surface area contributed by atoms with Gasteiger partial charge in [-0.25, -0.2) is 0 Å². The molecule has 0 aliphatic carbocycles. The number of nitrogens with zero attached hydrogens (tertiary/aromatic N) is 1. The predicted molar refractivity (Wildman–Crippen MR) is 55.3 cm³/mol. The summed E-state index contributed by atoms with van der Waals surface area (Å²) in [6, 6.07) is 0. The van der Waals surface area contributed by atoms with Crippen LogP contribution in [0.1, 0.15) is 34.1 Å². The minimum Gasteiger partial charge on any atom is -0.370 e. The van der Waals surface area contributed by atoms with Gasteiger partial charge in [-0.1, -0.05) is 27.7 Å². The van der Waals surface area contributed by atoms with Gasteiger partial charge in [0, 0.05) is 13.6 Å². The summed E-state index contributed by atoms with van der Waals surface area (Å²) >= 11 is 0. The molecule has 0 saturated carbocycles. The SMILES string of the molecule is CC.CC(C)CCN(C)C(=N)N. The lowest BCUT2D eigenvalue weighted by molar-refractivity contribution is 0.432. The van der Waals surface area contributed by atoms with E-state index in [4.69, 9.17) is 11.1 Å². The van der Waals surface area contributed by atoms with Crippen molar-refractivity contribution in [3.63, 3.8) is 0 Å². The lowest BCUT2D eigenvalue weighted by Crippen LogP contribution is -2.33. The summed E-state index contributed by atoms with van der Waals surface area (Å²) in [5, 5.41) is 7.05. The minimum atomic E-state index is 0.153. The molecule has 3 nitrogen and oxygen atoms in total. The fourth-order valence-corrected chi connectivity index (χ4v) is 0.572. The van der Waals surface area contributed by atoms with Crippen molar-refractivity contribution in [1.82, 2.24) is 4.90 Å². The molecule has 0 heterocycles. The number of hydrogen-bond donors (Lipinski definition) is 2. The van der Waals surface area contributed by atoms with Crippen molar-refractivity contribution in [2.45, 2.75) is 34.1 Å². The zero-order chi connectivity index (χ0) is 10.1. The minimum absolute atomic E-state index is 0.153. The van der Waals surface area contributed by atoms with Crippen LogP contribution < -0.4 is 5.73 Å². The van der Waals surface area contributed by atoms with E-state index in [9.17, 15) is 0 Å². The van der Waals surface area contributed by atoms with Gasteiger partial charge in [-0.2, -0.15) is 0 Å². The molecule has 0 aromatic heterocycles. The van der Waals surface area contributed by atoms with E-state index in [1.807, 2.05) is 20.9 Å². The zero-order valence-corrected chi connectivity index (χ0v) is 9.02. The first-order valence-electron chi connectivity index (χ1n) is 4.59. The van der Waals surface area contributed by atoms with Crippen LogP contribution in [0.5, 0.6) is 0 Å². The molecule has 0 spiro atoms. The largest absolute Gasteiger partial charge is 0.370 e. The molecule has 0 saturated heterocycles. The Labute approximate surface area is 76.4 Å². The normalized spacial score (nSPS) is 8.83. The summed E-state index contributed by atoms with van der Waals surface area (Å²) in [5.41, 5.74) is 5.23. The molecule has 0 aliphatic rings. The number of guanidine groups is 1. The molecule has 3 heteroatoms. The third kappa shape index (κ3) is 9.27. The molecule has 0 atom stereocenters. The Bertz CT molecular complexity index is 110. The first kappa shape index (κ1) is 13.8. The van der Waals surface area contributed by atoms with Crippen molar-refractivity contribution in [2.24, 2.45) is 11.7 Å². The Morgan fingerprint density at radius 3 is 2.08 bits per heavy atom. The van der Waals surface area contributed by atoms with Crippen LogP contribution in [-0.2, 0) is 0 Å². The summed E-state index contributed by atoms with van der Waals surface area (Å²) in [6.45, 7) is 9.20. The Balaban J connectivity index is 0. The van der Waals surface area contributed by atoms with Gasteiger partial charge in [0.1, 0.15) is 0 Å². The molecule has 74 valence electrons. The molecular weight excluding hydrogens is 150 g/mol. The molecule has 0 radical (unpaired) electrons. The molecule has 0 aliphatic heterocycles. The van der Waals surface area contributed by atoms with Crippen LogP contribution in [0.3, 0.4) is 0 Å². The smallest absolute Gasteiger partial charge is 0.188 e. The molecule has 0 rings (SSSR count). The first-order valence-corrected chi connectivity index (χ1v) is 4.59. The molecule has 3 N–H and O–H groups in total. The van der Waals surface area contributed by atoms with E-state index in [0.29, 0.717) is 5.92 Å². The van der Waals surface area contributed by atoms with Crippen molar-refractivity contribution in [3.05, 3.63) is 0 Å². The van der Waals surface area contributed by atoms with Gasteiger partial charge in [0.05, 0.1) is 0 Å². The lowest BCUT2D eigenvalue weighted by Gasteiger charge is -2.17. The van der Waals surface area contributed by atoms with Gasteiger partial charge in [-0.15, -0.1) is 0 Å². The van der Waals surface area contributed by atoms with Gasteiger partial charge in [0.2, 0.25) is 0 Å². The highest BCUT2D eigenvalue weighted by Crippen LogP contribution is 1.99. The van der Waals surface area contributed by atoms with E-state index in [2.05, 4.69) is 13.8 Å². The van der Waals surface area contributed by atoms with Gasteiger partial charge >= 0.3 is 0 Å². The molecule has 0 fully saturated rings.